The lowest BCUT2D eigenvalue weighted by Gasteiger charge is -2.35. The Morgan fingerprint density at radius 1 is 1.03 bits per heavy atom. The fraction of sp³-hybridized carbons (Fsp3) is 0.348. The van der Waals surface area contributed by atoms with Crippen LogP contribution in [0.2, 0.25) is 0 Å². The number of amides is 3. The largest absolute Gasteiger partial charge is 0.334 e. The van der Waals surface area contributed by atoms with Crippen LogP contribution in [0.15, 0.2) is 42.5 Å². The first-order valence-corrected chi connectivity index (χ1v) is 10.5. The fourth-order valence-electron chi connectivity index (χ4n) is 4.36. The molecular formula is C23H22FN3O5. The van der Waals surface area contributed by atoms with Crippen molar-refractivity contribution in [2.45, 2.75) is 44.7 Å². The summed E-state index contributed by atoms with van der Waals surface area (Å²) in [5.41, 5.74) is 0.442. The number of fused-ring (bicyclic) bond motifs is 1. The highest BCUT2D eigenvalue weighted by Crippen LogP contribution is 2.28. The third kappa shape index (κ3) is 4.23. The quantitative estimate of drug-likeness (QED) is 0.388. The zero-order valence-corrected chi connectivity index (χ0v) is 17.3. The van der Waals surface area contributed by atoms with Gasteiger partial charge in [0.15, 0.2) is 0 Å². The Bertz CT molecular complexity index is 1080. The maximum Gasteiger partial charge on any atom is 0.270 e. The van der Waals surface area contributed by atoms with Crippen molar-refractivity contribution >= 4 is 23.4 Å². The Hall–Kier alpha value is -3.62. The molecule has 32 heavy (non-hydrogen) atoms. The SMILES string of the molecule is O=C1c2ccc([N+](=O)[O-])cc2C(=O)N1CC(=O)N(Cc1ccc(F)cc1)C1CCCCC1. The average Bonchev–Trinajstić information content (AvgIpc) is 3.03. The van der Waals surface area contributed by atoms with Gasteiger partial charge in [0.05, 0.1) is 16.1 Å². The molecule has 4 rings (SSSR count). The van der Waals surface area contributed by atoms with Crippen LogP contribution in [-0.2, 0) is 11.3 Å². The predicted molar refractivity (Wildman–Crippen MR) is 112 cm³/mol. The molecule has 2 aromatic carbocycles. The first-order chi connectivity index (χ1) is 15.3. The van der Waals surface area contributed by atoms with Crippen molar-refractivity contribution in [1.82, 2.24) is 9.80 Å². The van der Waals surface area contributed by atoms with Crippen LogP contribution in [0.25, 0.3) is 0 Å². The number of nitro groups is 1. The van der Waals surface area contributed by atoms with E-state index in [-0.39, 0.29) is 41.1 Å². The summed E-state index contributed by atoms with van der Waals surface area (Å²) >= 11 is 0. The fourth-order valence-corrected chi connectivity index (χ4v) is 4.36. The lowest BCUT2D eigenvalue weighted by Crippen LogP contribution is -2.47. The van der Waals surface area contributed by atoms with E-state index < -0.39 is 23.3 Å². The zero-order valence-electron chi connectivity index (χ0n) is 17.3. The minimum Gasteiger partial charge on any atom is -0.334 e. The molecule has 0 saturated heterocycles. The maximum absolute atomic E-state index is 13.3. The third-order valence-electron chi connectivity index (χ3n) is 6.06. The summed E-state index contributed by atoms with van der Waals surface area (Å²) in [4.78, 5) is 51.7. The molecule has 0 atom stereocenters. The summed E-state index contributed by atoms with van der Waals surface area (Å²) in [7, 11) is 0. The first-order valence-electron chi connectivity index (χ1n) is 10.5. The van der Waals surface area contributed by atoms with Crippen LogP contribution < -0.4 is 0 Å². The minimum absolute atomic E-state index is 0.0300. The van der Waals surface area contributed by atoms with E-state index in [2.05, 4.69) is 0 Å². The van der Waals surface area contributed by atoms with Crippen LogP contribution in [0.5, 0.6) is 0 Å². The van der Waals surface area contributed by atoms with Crippen LogP contribution in [-0.4, -0.2) is 45.0 Å². The molecule has 2 aliphatic rings. The van der Waals surface area contributed by atoms with Crippen LogP contribution in [0, 0.1) is 15.9 Å². The van der Waals surface area contributed by atoms with Gasteiger partial charge in [-0.2, -0.15) is 0 Å². The van der Waals surface area contributed by atoms with Crippen LogP contribution >= 0.6 is 0 Å². The second-order valence-electron chi connectivity index (χ2n) is 8.12. The molecule has 3 amide bonds. The number of carbonyl (C=O) groups is 3. The van der Waals surface area contributed by atoms with E-state index in [9.17, 15) is 28.9 Å². The number of carbonyl (C=O) groups excluding carboxylic acids is 3. The van der Waals surface area contributed by atoms with Crippen LogP contribution in [0.3, 0.4) is 0 Å². The normalized spacial score (nSPS) is 16.2. The third-order valence-corrected chi connectivity index (χ3v) is 6.06. The van der Waals surface area contributed by atoms with Gasteiger partial charge in [0.1, 0.15) is 12.4 Å². The van der Waals surface area contributed by atoms with Crippen LogP contribution in [0.4, 0.5) is 10.1 Å². The van der Waals surface area contributed by atoms with Crippen molar-refractivity contribution in [1.29, 1.82) is 0 Å². The van der Waals surface area contributed by atoms with E-state index in [1.54, 1.807) is 17.0 Å². The molecule has 1 aliphatic heterocycles. The van der Waals surface area contributed by atoms with Crippen molar-refractivity contribution in [2.24, 2.45) is 0 Å². The molecule has 1 aliphatic carbocycles. The lowest BCUT2D eigenvalue weighted by atomic mass is 9.93. The average molecular weight is 439 g/mol. The molecule has 1 heterocycles. The Kier molecular flexibility index (Phi) is 5.98. The highest BCUT2D eigenvalue weighted by molar-refractivity contribution is 6.22. The highest BCUT2D eigenvalue weighted by Gasteiger charge is 2.39. The number of halogens is 1. The zero-order chi connectivity index (χ0) is 22.8. The van der Waals surface area contributed by atoms with Gasteiger partial charge in [-0.05, 0) is 36.6 Å². The molecular weight excluding hydrogens is 417 g/mol. The summed E-state index contributed by atoms with van der Waals surface area (Å²) in [5, 5.41) is 11.0. The summed E-state index contributed by atoms with van der Waals surface area (Å²) < 4.78 is 13.3. The number of non-ortho nitro benzene ring substituents is 1. The number of benzene rings is 2. The number of rotatable bonds is 6. The van der Waals surface area contributed by atoms with E-state index in [0.29, 0.717) is 0 Å². The van der Waals surface area contributed by atoms with E-state index in [4.69, 9.17) is 0 Å². The van der Waals surface area contributed by atoms with Crippen molar-refractivity contribution in [3.63, 3.8) is 0 Å². The second kappa shape index (κ2) is 8.86. The van der Waals surface area contributed by atoms with Gasteiger partial charge in [0.2, 0.25) is 5.91 Å². The van der Waals surface area contributed by atoms with Crippen molar-refractivity contribution in [2.75, 3.05) is 6.54 Å². The molecule has 1 fully saturated rings. The lowest BCUT2D eigenvalue weighted by molar-refractivity contribution is -0.384. The highest BCUT2D eigenvalue weighted by atomic mass is 19.1. The second-order valence-corrected chi connectivity index (χ2v) is 8.12. The van der Waals surface area contributed by atoms with Gasteiger partial charge in [-0.15, -0.1) is 0 Å². The number of hydrogen-bond donors (Lipinski definition) is 0. The van der Waals surface area contributed by atoms with Gasteiger partial charge in [0, 0.05) is 24.7 Å². The van der Waals surface area contributed by atoms with Crippen molar-refractivity contribution < 1.29 is 23.7 Å². The topological polar surface area (TPSA) is 101 Å². The molecule has 0 N–H and O–H groups in total. The minimum atomic E-state index is -0.715. The Morgan fingerprint density at radius 2 is 1.69 bits per heavy atom. The summed E-state index contributed by atoms with van der Waals surface area (Å²) in [6, 6.07) is 9.33. The molecule has 0 unspecified atom stereocenters. The van der Waals surface area contributed by atoms with Gasteiger partial charge >= 0.3 is 0 Å². The van der Waals surface area contributed by atoms with E-state index in [0.717, 1.165) is 54.7 Å². The number of nitro benzene ring substituents is 1. The Balaban J connectivity index is 1.55. The number of imide groups is 1. The molecule has 166 valence electrons. The molecule has 9 heteroatoms. The standard InChI is InChI=1S/C23H22FN3O5/c24-16-8-6-15(7-9-16)13-25(17-4-2-1-3-5-17)21(28)14-26-22(29)19-11-10-18(27(31)32)12-20(19)23(26)30/h6-12,17H,1-5,13-14H2. The van der Waals surface area contributed by atoms with E-state index in [1.165, 1.54) is 18.2 Å². The summed E-state index contributed by atoms with van der Waals surface area (Å²) in [6.45, 7) is -0.198. The predicted octanol–water partition coefficient (Wildman–Crippen LogP) is 3.69. The van der Waals surface area contributed by atoms with Crippen LogP contribution in [0.1, 0.15) is 58.4 Å². The van der Waals surface area contributed by atoms with Gasteiger partial charge in [-0.25, -0.2) is 4.39 Å². The van der Waals surface area contributed by atoms with Crippen molar-refractivity contribution in [3.8, 4) is 0 Å². The van der Waals surface area contributed by atoms with Gasteiger partial charge in [-0.3, -0.25) is 29.4 Å². The van der Waals surface area contributed by atoms with Gasteiger partial charge in [0.25, 0.3) is 17.5 Å². The smallest absolute Gasteiger partial charge is 0.270 e. The van der Waals surface area contributed by atoms with E-state index in [1.807, 2.05) is 0 Å². The molecule has 0 bridgehead atoms. The summed E-state index contributed by atoms with van der Waals surface area (Å²) in [6.07, 6.45) is 4.69. The Labute approximate surface area is 183 Å². The molecule has 0 spiro atoms. The van der Waals surface area contributed by atoms with E-state index >= 15 is 0 Å². The van der Waals surface area contributed by atoms with Gasteiger partial charge in [-0.1, -0.05) is 31.4 Å². The number of hydrogen-bond acceptors (Lipinski definition) is 5. The molecule has 1 saturated carbocycles. The number of nitrogens with zero attached hydrogens (tertiary/aromatic N) is 3. The summed E-state index contributed by atoms with van der Waals surface area (Å²) in [5.74, 6) is -2.11. The Morgan fingerprint density at radius 3 is 2.34 bits per heavy atom. The maximum atomic E-state index is 13.3. The molecule has 0 aromatic heterocycles. The van der Waals surface area contributed by atoms with Gasteiger partial charge < -0.3 is 4.90 Å². The first kappa shape index (κ1) is 21.6. The van der Waals surface area contributed by atoms with Crippen molar-refractivity contribution in [3.05, 3.63) is 75.1 Å². The molecule has 8 nitrogen and oxygen atoms in total. The molecule has 0 radical (unpaired) electrons. The monoisotopic (exact) mass is 439 g/mol. The molecule has 2 aromatic rings.